The number of ketones is 1. The van der Waals surface area contributed by atoms with Gasteiger partial charge in [0.05, 0.1) is 24.7 Å². The van der Waals surface area contributed by atoms with E-state index in [2.05, 4.69) is 5.32 Å². The number of hydrogen-bond acceptors (Lipinski definition) is 6. The highest BCUT2D eigenvalue weighted by atomic mass is 32.2. The summed E-state index contributed by atoms with van der Waals surface area (Å²) in [6.45, 7) is 7.10. The van der Waals surface area contributed by atoms with Crippen molar-refractivity contribution >= 4 is 15.6 Å². The largest absolute Gasteiger partial charge is 0.376 e. The van der Waals surface area contributed by atoms with E-state index in [0.717, 1.165) is 5.56 Å². The summed E-state index contributed by atoms with van der Waals surface area (Å²) in [5.41, 5.74) is 1.02. The number of rotatable bonds is 13. The van der Waals surface area contributed by atoms with Gasteiger partial charge in [-0.25, -0.2) is 8.42 Å². The van der Waals surface area contributed by atoms with Crippen LogP contribution < -0.4 is 5.32 Å². The van der Waals surface area contributed by atoms with Crippen molar-refractivity contribution in [2.75, 3.05) is 33.0 Å². The second kappa shape index (κ2) is 12.0. The van der Waals surface area contributed by atoms with Crippen molar-refractivity contribution in [3.05, 3.63) is 42.0 Å². The number of benzene rings is 1. The van der Waals surface area contributed by atoms with Crippen LogP contribution in [0.1, 0.15) is 25.8 Å². The third-order valence-electron chi connectivity index (χ3n) is 3.75. The number of Topliss-reactive ketones (excluding diaryl/α,β-unsaturated/α-hetero) is 1. The molecule has 0 aliphatic heterocycles. The van der Waals surface area contributed by atoms with Gasteiger partial charge in [-0.2, -0.15) is 0 Å². The highest BCUT2D eigenvalue weighted by Crippen LogP contribution is 2.15. The van der Waals surface area contributed by atoms with Crippen molar-refractivity contribution in [1.82, 2.24) is 5.32 Å². The van der Waals surface area contributed by atoms with Crippen LogP contribution in [-0.2, 0) is 24.1 Å². The lowest BCUT2D eigenvalue weighted by Crippen LogP contribution is -2.36. The van der Waals surface area contributed by atoms with Crippen LogP contribution in [0.5, 0.6) is 0 Å². The maximum absolute atomic E-state index is 12.4. The molecule has 1 N–H and O–H groups in total. The molecule has 0 bridgehead atoms. The Bertz CT molecular complexity index is 668. The van der Waals surface area contributed by atoms with Crippen LogP contribution in [0.25, 0.3) is 0 Å². The number of ether oxygens (including phenoxy) is 2. The summed E-state index contributed by atoms with van der Waals surface area (Å²) in [7, 11) is -3.40. The zero-order chi connectivity index (χ0) is 19.4. The van der Waals surface area contributed by atoms with Crippen LogP contribution >= 0.6 is 0 Å². The second-order valence-electron chi connectivity index (χ2n) is 5.91. The van der Waals surface area contributed by atoms with Crippen LogP contribution in [-0.4, -0.2) is 52.5 Å². The Morgan fingerprint density at radius 1 is 1.15 bits per heavy atom. The first-order valence-electron chi connectivity index (χ1n) is 8.74. The standard InChI is InChI=1S/C19H29NO5S/c1-4-18(21)15-25-13-6-5-12-24-14-11-20-17(3)26(22,23)19-9-7-16(2)8-10-19/h5-10,17,20H,4,11-15H2,1-3H3/b6-5-. The summed E-state index contributed by atoms with van der Waals surface area (Å²) in [5.74, 6) is 0.0791. The van der Waals surface area contributed by atoms with Crippen LogP contribution in [0.4, 0.5) is 0 Å². The normalized spacial score (nSPS) is 13.2. The van der Waals surface area contributed by atoms with E-state index in [1.165, 1.54) is 0 Å². The summed E-state index contributed by atoms with van der Waals surface area (Å²) in [6, 6.07) is 6.83. The van der Waals surface area contributed by atoms with Crippen LogP contribution in [0.2, 0.25) is 0 Å². The molecule has 0 saturated carbocycles. The minimum atomic E-state index is -3.40. The molecular weight excluding hydrogens is 354 g/mol. The van der Waals surface area contributed by atoms with Crippen LogP contribution in [0.15, 0.2) is 41.3 Å². The smallest absolute Gasteiger partial charge is 0.193 e. The van der Waals surface area contributed by atoms with E-state index in [0.29, 0.717) is 37.7 Å². The lowest BCUT2D eigenvalue weighted by Gasteiger charge is -2.15. The predicted molar refractivity (Wildman–Crippen MR) is 102 cm³/mol. The molecule has 0 aromatic heterocycles. The van der Waals surface area contributed by atoms with Gasteiger partial charge >= 0.3 is 0 Å². The Labute approximate surface area is 156 Å². The van der Waals surface area contributed by atoms with Crippen molar-refractivity contribution in [2.24, 2.45) is 0 Å². The number of nitrogens with one attached hydrogen (secondary N) is 1. The molecular formula is C19H29NO5S. The van der Waals surface area contributed by atoms with Crippen molar-refractivity contribution < 1.29 is 22.7 Å². The van der Waals surface area contributed by atoms with E-state index in [1.54, 1.807) is 44.2 Å². The molecule has 0 saturated heterocycles. The van der Waals surface area contributed by atoms with Gasteiger partial charge in [0.15, 0.2) is 15.6 Å². The highest BCUT2D eigenvalue weighted by molar-refractivity contribution is 7.92. The molecule has 0 heterocycles. The molecule has 0 aliphatic carbocycles. The van der Waals surface area contributed by atoms with Gasteiger partial charge in [-0.05, 0) is 26.0 Å². The first-order valence-corrected chi connectivity index (χ1v) is 10.3. The molecule has 1 aromatic carbocycles. The van der Waals surface area contributed by atoms with Gasteiger partial charge < -0.3 is 9.47 Å². The number of carbonyl (C=O) groups is 1. The van der Waals surface area contributed by atoms with Gasteiger partial charge in [-0.15, -0.1) is 0 Å². The zero-order valence-electron chi connectivity index (χ0n) is 15.7. The van der Waals surface area contributed by atoms with Gasteiger partial charge in [-0.3, -0.25) is 10.1 Å². The average Bonchev–Trinajstić information content (AvgIpc) is 2.63. The van der Waals surface area contributed by atoms with E-state index in [-0.39, 0.29) is 12.4 Å². The molecule has 0 radical (unpaired) electrons. The van der Waals surface area contributed by atoms with E-state index in [9.17, 15) is 13.2 Å². The van der Waals surface area contributed by atoms with E-state index >= 15 is 0 Å². The molecule has 26 heavy (non-hydrogen) atoms. The Hall–Kier alpha value is -1.54. The Morgan fingerprint density at radius 3 is 2.38 bits per heavy atom. The van der Waals surface area contributed by atoms with Crippen molar-refractivity contribution in [3.63, 3.8) is 0 Å². The third kappa shape index (κ3) is 8.23. The molecule has 0 aliphatic rings. The minimum absolute atomic E-state index is 0.0791. The lowest BCUT2D eigenvalue weighted by atomic mass is 10.2. The molecule has 0 fully saturated rings. The fraction of sp³-hybridized carbons (Fsp3) is 0.526. The van der Waals surface area contributed by atoms with Crippen molar-refractivity contribution in [1.29, 1.82) is 0 Å². The Morgan fingerprint density at radius 2 is 1.77 bits per heavy atom. The minimum Gasteiger partial charge on any atom is -0.376 e. The molecule has 0 spiro atoms. The van der Waals surface area contributed by atoms with E-state index in [1.807, 2.05) is 13.0 Å². The summed E-state index contributed by atoms with van der Waals surface area (Å²) in [4.78, 5) is 11.3. The predicted octanol–water partition coefficient (Wildman–Crippen LogP) is 2.27. The second-order valence-corrected chi connectivity index (χ2v) is 8.18. The number of sulfone groups is 1. The van der Waals surface area contributed by atoms with Gasteiger partial charge in [-0.1, -0.05) is 36.8 Å². The van der Waals surface area contributed by atoms with Crippen LogP contribution in [0.3, 0.4) is 0 Å². The molecule has 7 heteroatoms. The molecule has 146 valence electrons. The van der Waals surface area contributed by atoms with Gasteiger partial charge in [0.25, 0.3) is 0 Å². The monoisotopic (exact) mass is 383 g/mol. The molecule has 6 nitrogen and oxygen atoms in total. The Balaban J connectivity index is 2.19. The highest BCUT2D eigenvalue weighted by Gasteiger charge is 2.22. The molecule has 0 amide bonds. The maximum atomic E-state index is 12.4. The summed E-state index contributed by atoms with van der Waals surface area (Å²) >= 11 is 0. The summed E-state index contributed by atoms with van der Waals surface area (Å²) in [6.07, 6.45) is 4.08. The first-order chi connectivity index (χ1) is 12.4. The van der Waals surface area contributed by atoms with Gasteiger partial charge in [0.1, 0.15) is 12.0 Å². The van der Waals surface area contributed by atoms with Crippen molar-refractivity contribution in [3.8, 4) is 0 Å². The average molecular weight is 384 g/mol. The topological polar surface area (TPSA) is 81.7 Å². The fourth-order valence-corrected chi connectivity index (χ4v) is 3.27. The molecule has 1 aromatic rings. The summed E-state index contributed by atoms with van der Waals surface area (Å²) in [5, 5.41) is 2.28. The Kier molecular flexibility index (Phi) is 10.3. The van der Waals surface area contributed by atoms with Gasteiger partial charge in [0, 0.05) is 13.0 Å². The third-order valence-corrected chi connectivity index (χ3v) is 5.77. The SMILES string of the molecule is CCC(=O)COC/C=C\COCCNC(C)S(=O)(=O)c1ccc(C)cc1. The maximum Gasteiger partial charge on any atom is 0.193 e. The van der Waals surface area contributed by atoms with Crippen LogP contribution in [0, 0.1) is 6.92 Å². The van der Waals surface area contributed by atoms with Gasteiger partial charge in [0.2, 0.25) is 0 Å². The number of hydrogen-bond donors (Lipinski definition) is 1. The zero-order valence-corrected chi connectivity index (χ0v) is 16.6. The summed E-state index contributed by atoms with van der Waals surface area (Å²) < 4.78 is 35.4. The number of carbonyl (C=O) groups excluding carboxylic acids is 1. The van der Waals surface area contributed by atoms with E-state index < -0.39 is 15.2 Å². The molecule has 1 rings (SSSR count). The molecule has 1 atom stereocenters. The number of aryl methyl sites for hydroxylation is 1. The fourth-order valence-electron chi connectivity index (χ4n) is 2.01. The van der Waals surface area contributed by atoms with E-state index in [4.69, 9.17) is 9.47 Å². The first kappa shape index (κ1) is 22.5. The quantitative estimate of drug-likeness (QED) is 0.416. The molecule has 1 unspecified atom stereocenters. The van der Waals surface area contributed by atoms with Crippen molar-refractivity contribution in [2.45, 2.75) is 37.5 Å². The lowest BCUT2D eigenvalue weighted by molar-refractivity contribution is -0.122.